The van der Waals surface area contributed by atoms with Gasteiger partial charge in [0.15, 0.2) is 0 Å². The van der Waals surface area contributed by atoms with Crippen molar-refractivity contribution in [2.75, 3.05) is 6.54 Å². The third-order valence-corrected chi connectivity index (χ3v) is 4.72. The maximum Gasteiger partial charge on any atom is 0.261 e. The summed E-state index contributed by atoms with van der Waals surface area (Å²) >= 11 is 1.45. The minimum Gasteiger partial charge on any atom is -0.346 e. The molecule has 1 aromatic rings. The van der Waals surface area contributed by atoms with Crippen molar-refractivity contribution < 1.29 is 4.79 Å². The monoisotopic (exact) mass is 276 g/mol. The molecule has 1 heterocycles. The second-order valence-electron chi connectivity index (χ2n) is 5.35. The zero-order valence-corrected chi connectivity index (χ0v) is 12.3. The van der Waals surface area contributed by atoms with Gasteiger partial charge in [-0.3, -0.25) is 4.79 Å². The summed E-state index contributed by atoms with van der Waals surface area (Å²) in [4.78, 5) is 14.0. The fraction of sp³-hybridized carbons (Fsp3) is 0.533. The summed E-state index contributed by atoms with van der Waals surface area (Å²) in [5, 5.41) is 3.17. The molecule has 0 aromatic carbocycles. The molecule has 1 fully saturated rings. The van der Waals surface area contributed by atoms with Gasteiger partial charge in [0.25, 0.3) is 5.91 Å². The molecule has 0 bridgehead atoms. The van der Waals surface area contributed by atoms with Crippen molar-refractivity contribution in [1.82, 2.24) is 5.32 Å². The third kappa shape index (κ3) is 3.37. The average molecular weight is 276 g/mol. The number of carbonyl (C=O) groups is 1. The van der Waals surface area contributed by atoms with E-state index in [1.165, 1.54) is 24.2 Å². The molecule has 3 N–H and O–H groups in total. The molecule has 0 atom stereocenters. The van der Waals surface area contributed by atoms with Gasteiger partial charge in [-0.15, -0.1) is 11.3 Å². The van der Waals surface area contributed by atoms with Gasteiger partial charge >= 0.3 is 0 Å². The highest BCUT2D eigenvalue weighted by molar-refractivity contribution is 7.14. The van der Waals surface area contributed by atoms with Crippen LogP contribution in [0.25, 0.3) is 0 Å². The third-order valence-electron chi connectivity index (χ3n) is 3.57. The quantitative estimate of drug-likeness (QED) is 0.815. The van der Waals surface area contributed by atoms with E-state index in [1.807, 2.05) is 13.0 Å². The number of rotatable bonds is 2. The van der Waals surface area contributed by atoms with Gasteiger partial charge in [-0.25, -0.2) is 0 Å². The van der Waals surface area contributed by atoms with Crippen molar-refractivity contribution in [1.29, 1.82) is 0 Å². The molecule has 1 amide bonds. The van der Waals surface area contributed by atoms with Crippen molar-refractivity contribution in [2.45, 2.75) is 45.1 Å². The first-order chi connectivity index (χ1) is 9.04. The lowest BCUT2D eigenvalue weighted by Crippen LogP contribution is -2.43. The minimum atomic E-state index is -0.0297. The molecule has 3 nitrogen and oxygen atoms in total. The number of nitrogens with one attached hydrogen (secondary N) is 1. The molecule has 0 saturated heterocycles. The van der Waals surface area contributed by atoms with E-state index < -0.39 is 0 Å². The van der Waals surface area contributed by atoms with Crippen LogP contribution in [0.5, 0.6) is 0 Å². The van der Waals surface area contributed by atoms with E-state index in [-0.39, 0.29) is 11.4 Å². The summed E-state index contributed by atoms with van der Waals surface area (Å²) in [5.41, 5.74) is 6.39. The molecule has 1 aromatic heterocycles. The molecule has 0 unspecified atom stereocenters. The highest BCUT2D eigenvalue weighted by Crippen LogP contribution is 2.30. The average Bonchev–Trinajstić information content (AvgIpc) is 2.94. The molecule has 102 valence electrons. The molecular formula is C15H20N2OS. The fourth-order valence-electron chi connectivity index (χ4n) is 2.47. The van der Waals surface area contributed by atoms with E-state index in [2.05, 4.69) is 24.1 Å². The Morgan fingerprint density at radius 1 is 1.53 bits per heavy atom. The van der Waals surface area contributed by atoms with E-state index in [0.717, 1.165) is 28.2 Å². The Hall–Kier alpha value is -1.31. The lowest BCUT2D eigenvalue weighted by atomic mass is 10.0. The van der Waals surface area contributed by atoms with Crippen LogP contribution in [-0.2, 0) is 0 Å². The predicted molar refractivity (Wildman–Crippen MR) is 79.3 cm³/mol. The van der Waals surface area contributed by atoms with Crippen LogP contribution >= 0.6 is 11.3 Å². The molecule has 0 radical (unpaired) electrons. The highest BCUT2D eigenvalue weighted by atomic mass is 32.1. The minimum absolute atomic E-state index is 0.0262. The Morgan fingerprint density at radius 3 is 2.84 bits per heavy atom. The zero-order chi connectivity index (χ0) is 13.9. The Labute approximate surface area is 118 Å². The topological polar surface area (TPSA) is 55.1 Å². The van der Waals surface area contributed by atoms with Gasteiger partial charge < -0.3 is 11.1 Å². The molecule has 4 heteroatoms. The number of carbonyl (C=O) groups excluding carboxylic acids is 1. The molecule has 19 heavy (non-hydrogen) atoms. The van der Waals surface area contributed by atoms with Crippen molar-refractivity contribution in [3.8, 4) is 11.8 Å². The fourth-order valence-corrected chi connectivity index (χ4v) is 3.41. The molecular weight excluding hydrogens is 256 g/mol. The van der Waals surface area contributed by atoms with E-state index in [4.69, 9.17) is 5.73 Å². The number of hydrogen-bond acceptors (Lipinski definition) is 3. The molecule has 1 aliphatic carbocycles. The first kappa shape index (κ1) is 14.1. The van der Waals surface area contributed by atoms with Crippen LogP contribution in [0.3, 0.4) is 0 Å². The van der Waals surface area contributed by atoms with Crippen LogP contribution < -0.4 is 11.1 Å². The first-order valence-electron chi connectivity index (χ1n) is 6.66. The summed E-state index contributed by atoms with van der Waals surface area (Å²) in [6.45, 7) is 4.45. The maximum absolute atomic E-state index is 12.3. The molecule has 1 saturated carbocycles. The smallest absolute Gasteiger partial charge is 0.261 e. The predicted octanol–water partition coefficient (Wildman–Crippen LogP) is 2.43. The molecule has 0 aliphatic heterocycles. The van der Waals surface area contributed by atoms with Gasteiger partial charge in [-0.1, -0.05) is 24.7 Å². The van der Waals surface area contributed by atoms with Gasteiger partial charge in [0, 0.05) is 5.54 Å². The van der Waals surface area contributed by atoms with E-state index in [1.54, 1.807) is 0 Å². The molecule has 2 rings (SSSR count). The number of thiophene rings is 1. The van der Waals surface area contributed by atoms with Crippen molar-refractivity contribution in [3.05, 3.63) is 21.4 Å². The second kappa shape index (κ2) is 5.77. The van der Waals surface area contributed by atoms with Gasteiger partial charge in [0.1, 0.15) is 0 Å². The van der Waals surface area contributed by atoms with Crippen molar-refractivity contribution >= 4 is 17.2 Å². The van der Waals surface area contributed by atoms with Crippen molar-refractivity contribution in [2.24, 2.45) is 5.73 Å². The number of nitrogens with two attached hydrogens (primary N) is 1. The van der Waals surface area contributed by atoms with Crippen molar-refractivity contribution in [3.63, 3.8) is 0 Å². The van der Waals surface area contributed by atoms with Crippen LogP contribution in [0.4, 0.5) is 0 Å². The lowest BCUT2D eigenvalue weighted by molar-refractivity contribution is 0.0912. The number of aryl methyl sites for hydroxylation is 1. The lowest BCUT2D eigenvalue weighted by Gasteiger charge is -2.24. The summed E-state index contributed by atoms with van der Waals surface area (Å²) in [7, 11) is 0. The maximum atomic E-state index is 12.3. The van der Waals surface area contributed by atoms with Crippen LogP contribution in [0, 0.1) is 18.8 Å². The Kier molecular flexibility index (Phi) is 4.28. The summed E-state index contributed by atoms with van der Waals surface area (Å²) < 4.78 is 0. The van der Waals surface area contributed by atoms with Gasteiger partial charge in [-0.05, 0) is 38.3 Å². The Morgan fingerprint density at radius 2 is 2.21 bits per heavy atom. The Balaban J connectivity index is 2.11. The number of hydrogen-bond donors (Lipinski definition) is 2. The summed E-state index contributed by atoms with van der Waals surface area (Å²) in [5.74, 6) is 5.88. The van der Waals surface area contributed by atoms with E-state index in [9.17, 15) is 4.79 Å². The molecule has 1 aliphatic rings. The van der Waals surface area contributed by atoms with Crippen LogP contribution in [0.1, 0.15) is 52.7 Å². The highest BCUT2D eigenvalue weighted by Gasteiger charge is 2.30. The standard InChI is InChI=1S/C15H20N2OS/c1-11-10-13(19-12(11)6-5-9-16)14(18)17-15(2)7-3-4-8-15/h10H,3-4,7-9,16H2,1-2H3,(H,17,18). The van der Waals surface area contributed by atoms with Gasteiger partial charge in [0.2, 0.25) is 0 Å². The van der Waals surface area contributed by atoms with Crippen LogP contribution in [0.2, 0.25) is 0 Å². The summed E-state index contributed by atoms with van der Waals surface area (Å²) in [6, 6.07) is 1.92. The van der Waals surface area contributed by atoms with E-state index >= 15 is 0 Å². The number of amides is 1. The zero-order valence-electron chi connectivity index (χ0n) is 11.5. The largest absolute Gasteiger partial charge is 0.346 e. The van der Waals surface area contributed by atoms with Gasteiger partial charge in [-0.2, -0.15) is 0 Å². The van der Waals surface area contributed by atoms with Crippen LogP contribution in [-0.4, -0.2) is 18.0 Å². The van der Waals surface area contributed by atoms with Gasteiger partial charge in [0.05, 0.1) is 16.3 Å². The second-order valence-corrected chi connectivity index (χ2v) is 6.40. The molecule has 0 spiro atoms. The first-order valence-corrected chi connectivity index (χ1v) is 7.48. The van der Waals surface area contributed by atoms with E-state index in [0.29, 0.717) is 6.54 Å². The summed E-state index contributed by atoms with van der Waals surface area (Å²) in [6.07, 6.45) is 4.55. The SMILES string of the molecule is Cc1cc(C(=O)NC2(C)CCCC2)sc1C#CCN. The van der Waals surface area contributed by atoms with Crippen LogP contribution in [0.15, 0.2) is 6.07 Å². The normalized spacial score (nSPS) is 16.8. The Bertz CT molecular complexity index is 530.